The van der Waals surface area contributed by atoms with Gasteiger partial charge in [0.2, 0.25) is 5.91 Å². The first kappa shape index (κ1) is 21.4. The van der Waals surface area contributed by atoms with Crippen molar-refractivity contribution in [2.24, 2.45) is 0 Å². The Kier molecular flexibility index (Phi) is 5.61. The fourth-order valence-corrected chi connectivity index (χ4v) is 3.73. The van der Waals surface area contributed by atoms with Gasteiger partial charge in [-0.25, -0.2) is 9.37 Å². The van der Waals surface area contributed by atoms with Crippen LogP contribution in [0.15, 0.2) is 29.2 Å². The summed E-state index contributed by atoms with van der Waals surface area (Å²) in [6, 6.07) is 3.81. The van der Waals surface area contributed by atoms with E-state index in [1.54, 1.807) is 13.1 Å². The molecule has 32 heavy (non-hydrogen) atoms. The summed E-state index contributed by atoms with van der Waals surface area (Å²) in [5.41, 5.74) is 0.253. The molecule has 168 valence electrons. The number of ether oxygens (including phenoxy) is 1. The van der Waals surface area contributed by atoms with Gasteiger partial charge in [0, 0.05) is 20.2 Å². The average molecular weight is 443 g/mol. The molecule has 1 unspecified atom stereocenters. The van der Waals surface area contributed by atoms with E-state index in [0.717, 1.165) is 6.20 Å². The molecule has 0 radical (unpaired) electrons. The lowest BCUT2D eigenvalue weighted by Crippen LogP contribution is -2.37. The van der Waals surface area contributed by atoms with Crippen LogP contribution in [0.4, 0.5) is 16.0 Å². The number of aromatic nitrogens is 4. The summed E-state index contributed by atoms with van der Waals surface area (Å²) in [5.74, 6) is -0.824. The molecular formula is C20H22FN7O4. The number of carbonyl (C=O) groups excluding carboxylic acids is 2. The highest BCUT2D eigenvalue weighted by molar-refractivity contribution is 5.98. The van der Waals surface area contributed by atoms with Crippen molar-refractivity contribution >= 4 is 29.1 Å². The largest absolute Gasteiger partial charge is 0.383 e. The van der Waals surface area contributed by atoms with Gasteiger partial charge >= 0.3 is 0 Å². The van der Waals surface area contributed by atoms with E-state index in [1.807, 2.05) is 6.92 Å². The molecule has 0 fully saturated rings. The van der Waals surface area contributed by atoms with Gasteiger partial charge in [0.1, 0.15) is 29.5 Å². The highest BCUT2D eigenvalue weighted by Crippen LogP contribution is 2.25. The molecule has 2 amide bonds. The van der Waals surface area contributed by atoms with Crippen LogP contribution in [0.1, 0.15) is 23.0 Å². The lowest BCUT2D eigenvalue weighted by molar-refractivity contribution is -0.116. The van der Waals surface area contributed by atoms with E-state index in [-0.39, 0.29) is 47.8 Å². The number of pyridine rings is 1. The Hall–Kier alpha value is -3.80. The van der Waals surface area contributed by atoms with Gasteiger partial charge in [0.05, 0.1) is 31.0 Å². The fourth-order valence-electron chi connectivity index (χ4n) is 3.73. The first-order valence-corrected chi connectivity index (χ1v) is 9.88. The van der Waals surface area contributed by atoms with Crippen molar-refractivity contribution in [3.63, 3.8) is 0 Å². The van der Waals surface area contributed by atoms with Gasteiger partial charge in [-0.2, -0.15) is 4.52 Å². The number of fused-ring (bicyclic) bond motifs is 2. The van der Waals surface area contributed by atoms with Crippen molar-refractivity contribution in [2.45, 2.75) is 26.1 Å². The van der Waals surface area contributed by atoms with Crippen LogP contribution in [0.5, 0.6) is 0 Å². The Balaban J connectivity index is 1.77. The normalized spacial score (nSPS) is 14.0. The van der Waals surface area contributed by atoms with E-state index >= 15 is 0 Å². The van der Waals surface area contributed by atoms with Crippen LogP contribution in [0.3, 0.4) is 0 Å². The second-order valence-electron chi connectivity index (χ2n) is 7.42. The summed E-state index contributed by atoms with van der Waals surface area (Å²) in [5, 5.41) is 9.66. The predicted octanol–water partition coefficient (Wildman–Crippen LogP) is 0.701. The summed E-state index contributed by atoms with van der Waals surface area (Å²) >= 11 is 0. The molecule has 0 aromatic carbocycles. The van der Waals surface area contributed by atoms with Crippen LogP contribution < -0.4 is 16.2 Å². The monoisotopic (exact) mass is 443 g/mol. The third-order valence-corrected chi connectivity index (χ3v) is 5.26. The average Bonchev–Trinajstić information content (AvgIpc) is 3.35. The van der Waals surface area contributed by atoms with Crippen molar-refractivity contribution < 1.29 is 18.7 Å². The highest BCUT2D eigenvalue weighted by Gasteiger charge is 2.37. The number of nitrogens with zero attached hydrogens (tertiary/aromatic N) is 5. The van der Waals surface area contributed by atoms with E-state index in [9.17, 15) is 18.8 Å². The number of hydrogen-bond acceptors (Lipinski definition) is 7. The number of halogens is 1. The minimum absolute atomic E-state index is 0.0867. The van der Waals surface area contributed by atoms with Crippen LogP contribution in [-0.2, 0) is 22.6 Å². The van der Waals surface area contributed by atoms with E-state index in [1.165, 1.54) is 33.2 Å². The third kappa shape index (κ3) is 3.68. The number of amides is 2. The minimum atomic E-state index is -0.530. The molecule has 11 nitrogen and oxygen atoms in total. The Bertz CT molecular complexity index is 1250. The van der Waals surface area contributed by atoms with Crippen molar-refractivity contribution in [1.29, 1.82) is 0 Å². The van der Waals surface area contributed by atoms with Crippen molar-refractivity contribution in [2.75, 3.05) is 31.4 Å². The SMILES string of the molecule is CNc1cc2n(CC(=O)Nc3ccc(F)cn3)c3c(c(=O)n2n1)CN(C(C)COC)C3=O. The molecule has 1 aliphatic rings. The van der Waals surface area contributed by atoms with E-state index in [4.69, 9.17) is 4.74 Å². The summed E-state index contributed by atoms with van der Waals surface area (Å²) in [7, 11) is 3.18. The van der Waals surface area contributed by atoms with Crippen LogP contribution in [0, 0.1) is 5.82 Å². The second kappa shape index (κ2) is 8.38. The maximum atomic E-state index is 13.3. The second-order valence-corrected chi connectivity index (χ2v) is 7.42. The van der Waals surface area contributed by atoms with Gasteiger partial charge in [0.25, 0.3) is 11.5 Å². The lowest BCUT2D eigenvalue weighted by Gasteiger charge is -2.23. The molecule has 0 bridgehead atoms. The first-order chi connectivity index (χ1) is 15.3. The zero-order valence-electron chi connectivity index (χ0n) is 17.8. The van der Waals surface area contributed by atoms with Gasteiger partial charge in [-0.05, 0) is 19.1 Å². The van der Waals surface area contributed by atoms with Gasteiger partial charge in [0.15, 0.2) is 5.82 Å². The summed E-state index contributed by atoms with van der Waals surface area (Å²) in [6.07, 6.45) is 0.986. The Labute approximate surface area is 181 Å². The summed E-state index contributed by atoms with van der Waals surface area (Å²) in [6.45, 7) is 1.92. The van der Waals surface area contributed by atoms with E-state index in [2.05, 4.69) is 20.7 Å². The molecule has 0 aliphatic carbocycles. The number of rotatable bonds is 7. The molecule has 0 spiro atoms. The molecule has 0 saturated carbocycles. The van der Waals surface area contributed by atoms with Crippen molar-refractivity contribution in [1.82, 2.24) is 24.1 Å². The molecule has 4 heterocycles. The smallest absolute Gasteiger partial charge is 0.280 e. The number of hydrogen-bond donors (Lipinski definition) is 2. The molecule has 3 aromatic heterocycles. The molecular weight excluding hydrogens is 421 g/mol. The van der Waals surface area contributed by atoms with Gasteiger partial charge in [-0.15, -0.1) is 5.10 Å². The fraction of sp³-hybridized carbons (Fsp3) is 0.350. The number of anilines is 2. The van der Waals surface area contributed by atoms with Crippen molar-refractivity contribution in [3.05, 3.63) is 51.8 Å². The lowest BCUT2D eigenvalue weighted by atomic mass is 10.2. The minimum Gasteiger partial charge on any atom is -0.383 e. The topological polar surface area (TPSA) is 123 Å². The third-order valence-electron chi connectivity index (χ3n) is 5.26. The summed E-state index contributed by atoms with van der Waals surface area (Å²) in [4.78, 5) is 44.5. The maximum Gasteiger partial charge on any atom is 0.280 e. The number of carbonyl (C=O) groups is 2. The zero-order chi connectivity index (χ0) is 23.0. The molecule has 0 saturated heterocycles. The molecule has 2 N–H and O–H groups in total. The van der Waals surface area contributed by atoms with E-state index in [0.29, 0.717) is 12.4 Å². The van der Waals surface area contributed by atoms with Crippen LogP contribution in [0.25, 0.3) is 5.65 Å². The van der Waals surface area contributed by atoms with Gasteiger partial charge in [-0.1, -0.05) is 0 Å². The molecule has 4 rings (SSSR count). The van der Waals surface area contributed by atoms with Gasteiger partial charge in [-0.3, -0.25) is 14.4 Å². The van der Waals surface area contributed by atoms with Crippen LogP contribution >= 0.6 is 0 Å². The standard InChI is InChI=1S/C20H22FN7O4/c1-11(10-32-3)26-8-13-18(20(26)31)27(17-6-15(22-2)25-28(17)19(13)30)9-16(29)24-14-5-4-12(21)7-23-14/h4-7,11H,8-10H2,1-3H3,(H,22,25)(H,23,24,29). The van der Waals surface area contributed by atoms with Crippen LogP contribution in [-0.4, -0.2) is 62.7 Å². The Morgan fingerprint density at radius 3 is 2.75 bits per heavy atom. The first-order valence-electron chi connectivity index (χ1n) is 9.88. The molecule has 3 aromatic rings. The Morgan fingerprint density at radius 2 is 2.09 bits per heavy atom. The quantitative estimate of drug-likeness (QED) is 0.551. The van der Waals surface area contributed by atoms with Crippen LogP contribution in [0.2, 0.25) is 0 Å². The Morgan fingerprint density at radius 1 is 1.31 bits per heavy atom. The van der Waals surface area contributed by atoms with E-state index < -0.39 is 17.3 Å². The van der Waals surface area contributed by atoms with Crippen molar-refractivity contribution in [3.8, 4) is 0 Å². The highest BCUT2D eigenvalue weighted by atomic mass is 19.1. The number of nitrogens with one attached hydrogen (secondary N) is 2. The summed E-state index contributed by atoms with van der Waals surface area (Å²) < 4.78 is 20.9. The molecule has 12 heteroatoms. The predicted molar refractivity (Wildman–Crippen MR) is 113 cm³/mol. The molecule has 1 atom stereocenters. The zero-order valence-corrected chi connectivity index (χ0v) is 17.8. The maximum absolute atomic E-state index is 13.3. The van der Waals surface area contributed by atoms with Gasteiger partial charge < -0.3 is 24.8 Å². The number of methoxy groups -OCH3 is 1. The molecule has 1 aliphatic heterocycles.